The van der Waals surface area contributed by atoms with Crippen molar-refractivity contribution >= 4 is 5.97 Å². The molecule has 3 aromatic carbocycles. The summed E-state index contributed by atoms with van der Waals surface area (Å²) in [6.45, 7) is 8.93. The molecule has 2 unspecified atom stereocenters. The van der Waals surface area contributed by atoms with E-state index in [0.29, 0.717) is 0 Å². The highest BCUT2D eigenvalue weighted by Crippen LogP contribution is 2.59. The van der Waals surface area contributed by atoms with Crippen LogP contribution in [0.1, 0.15) is 73.3 Å². The van der Waals surface area contributed by atoms with E-state index in [1.165, 1.54) is 27.8 Å². The minimum Gasteiger partial charge on any atom is -0.481 e. The fraction of sp³-hybridized carbons (Fsp3) is 0.400. The van der Waals surface area contributed by atoms with E-state index in [-0.39, 0.29) is 35.5 Å². The van der Waals surface area contributed by atoms with E-state index >= 15 is 0 Å². The van der Waals surface area contributed by atoms with E-state index in [4.69, 9.17) is 5.11 Å². The first-order valence-corrected chi connectivity index (χ1v) is 14.0. The molecule has 3 N–H and O–H groups in total. The summed E-state index contributed by atoms with van der Waals surface area (Å²) in [5.74, 6) is -0.759. The number of aliphatic hydroxyl groups is 2. The maximum Gasteiger partial charge on any atom is 0.305 e. The zero-order valence-electron chi connectivity index (χ0n) is 23.5. The highest BCUT2D eigenvalue weighted by molar-refractivity contribution is 5.67. The minimum absolute atomic E-state index is 0.00212. The molecule has 0 amide bonds. The van der Waals surface area contributed by atoms with Crippen molar-refractivity contribution in [3.05, 3.63) is 119 Å². The molecule has 1 fully saturated rings. The van der Waals surface area contributed by atoms with Gasteiger partial charge in [-0.3, -0.25) is 4.79 Å². The van der Waals surface area contributed by atoms with Crippen molar-refractivity contribution in [3.8, 4) is 0 Å². The van der Waals surface area contributed by atoms with Gasteiger partial charge in [0.25, 0.3) is 0 Å². The molecule has 0 saturated heterocycles. The maximum atomic E-state index is 11.0. The van der Waals surface area contributed by atoms with Crippen LogP contribution in [0, 0.1) is 25.2 Å². The van der Waals surface area contributed by atoms with Crippen LogP contribution in [0.4, 0.5) is 0 Å². The normalized spacial score (nSPS) is 21.9. The number of rotatable bonds is 9. The van der Waals surface area contributed by atoms with Gasteiger partial charge in [-0.25, -0.2) is 0 Å². The lowest BCUT2D eigenvalue weighted by Gasteiger charge is -2.53. The molecule has 0 aliphatic heterocycles. The molecule has 0 radical (unpaired) electrons. The second kappa shape index (κ2) is 11.9. The number of carboxylic acid groups (broad SMARTS) is 1. The third-order valence-corrected chi connectivity index (χ3v) is 8.45. The smallest absolute Gasteiger partial charge is 0.305 e. The largest absolute Gasteiger partial charge is 0.481 e. The average Bonchev–Trinajstić information content (AvgIpc) is 2.87. The lowest BCUT2D eigenvalue weighted by Crippen LogP contribution is -2.46. The highest BCUT2D eigenvalue weighted by Gasteiger charge is 2.51. The molecule has 206 valence electrons. The first-order valence-electron chi connectivity index (χ1n) is 14.0. The topological polar surface area (TPSA) is 77.8 Å². The van der Waals surface area contributed by atoms with Crippen molar-refractivity contribution in [2.45, 2.75) is 76.9 Å². The van der Waals surface area contributed by atoms with Crippen LogP contribution in [0.15, 0.2) is 91.0 Å². The standard InChI is InChI=1S/C35H42O4/c1-24-17-25(2)19-26(18-24)31-22-35(27-11-7-5-8-12-27,28-13-9-6-10-14-28)23-34(3,4)32(31)16-15-29(36)20-30(37)21-33(38)39/h5-19,29-32,36-37H,20-23H2,1-4H3,(H,38,39)/t29?,30?,31-,32+/m1/s1. The number of hydrogen-bond donors (Lipinski definition) is 3. The molecule has 0 spiro atoms. The van der Waals surface area contributed by atoms with Crippen LogP contribution >= 0.6 is 0 Å². The van der Waals surface area contributed by atoms with Gasteiger partial charge < -0.3 is 15.3 Å². The summed E-state index contributed by atoms with van der Waals surface area (Å²) >= 11 is 0. The number of allylic oxidation sites excluding steroid dienone is 1. The van der Waals surface area contributed by atoms with Gasteiger partial charge in [-0.2, -0.15) is 0 Å². The molecule has 4 nitrogen and oxygen atoms in total. The summed E-state index contributed by atoms with van der Waals surface area (Å²) in [5, 5.41) is 29.7. The first kappa shape index (κ1) is 28.8. The van der Waals surface area contributed by atoms with Crippen LogP contribution in [-0.4, -0.2) is 33.5 Å². The van der Waals surface area contributed by atoms with Gasteiger partial charge in [0.05, 0.1) is 18.6 Å². The molecule has 4 heteroatoms. The number of hydrogen-bond acceptors (Lipinski definition) is 3. The summed E-state index contributed by atoms with van der Waals surface area (Å²) in [7, 11) is 0. The van der Waals surface area contributed by atoms with Gasteiger partial charge in [-0.15, -0.1) is 0 Å². The van der Waals surface area contributed by atoms with Crippen molar-refractivity contribution in [2.24, 2.45) is 11.3 Å². The number of aryl methyl sites for hydroxylation is 2. The van der Waals surface area contributed by atoms with E-state index < -0.39 is 18.2 Å². The van der Waals surface area contributed by atoms with Crippen molar-refractivity contribution in [1.82, 2.24) is 0 Å². The fourth-order valence-corrected chi connectivity index (χ4v) is 6.97. The van der Waals surface area contributed by atoms with Crippen LogP contribution in [0.2, 0.25) is 0 Å². The second-order valence-corrected chi connectivity index (χ2v) is 12.2. The molecular formula is C35H42O4. The zero-order chi connectivity index (χ0) is 28.2. The Hall–Kier alpha value is -3.21. The Morgan fingerprint density at radius 2 is 1.46 bits per heavy atom. The molecule has 1 aliphatic rings. The van der Waals surface area contributed by atoms with Gasteiger partial charge in [0.2, 0.25) is 0 Å². The Morgan fingerprint density at radius 3 is 1.97 bits per heavy atom. The Kier molecular flexibility index (Phi) is 8.78. The number of benzene rings is 3. The zero-order valence-corrected chi connectivity index (χ0v) is 23.5. The predicted molar refractivity (Wildman–Crippen MR) is 157 cm³/mol. The second-order valence-electron chi connectivity index (χ2n) is 12.2. The summed E-state index contributed by atoms with van der Waals surface area (Å²) in [6, 6.07) is 28.5. The van der Waals surface area contributed by atoms with Crippen LogP contribution in [0.5, 0.6) is 0 Å². The Labute approximate surface area is 233 Å². The lowest BCUT2D eigenvalue weighted by atomic mass is 9.50. The first-order chi connectivity index (χ1) is 18.5. The van der Waals surface area contributed by atoms with E-state index in [1.807, 2.05) is 0 Å². The molecule has 39 heavy (non-hydrogen) atoms. The maximum absolute atomic E-state index is 11.0. The number of aliphatic hydroxyl groups excluding tert-OH is 2. The summed E-state index contributed by atoms with van der Waals surface area (Å²) in [6.07, 6.45) is 3.38. The molecule has 4 rings (SSSR count). The number of carboxylic acids is 1. The molecule has 1 saturated carbocycles. The fourth-order valence-electron chi connectivity index (χ4n) is 6.97. The molecular weight excluding hydrogens is 484 g/mol. The summed E-state index contributed by atoms with van der Waals surface area (Å²) in [4.78, 5) is 11.0. The van der Waals surface area contributed by atoms with Gasteiger partial charge in [0.1, 0.15) is 0 Å². The molecule has 3 aromatic rings. The summed E-state index contributed by atoms with van der Waals surface area (Å²) in [5.41, 5.74) is 6.08. The number of aliphatic carboxylic acids is 1. The Bertz CT molecular complexity index is 1220. The highest BCUT2D eigenvalue weighted by atomic mass is 16.4. The molecule has 4 atom stereocenters. The van der Waals surface area contributed by atoms with Crippen molar-refractivity contribution in [1.29, 1.82) is 0 Å². The van der Waals surface area contributed by atoms with Crippen LogP contribution in [-0.2, 0) is 10.2 Å². The minimum atomic E-state index is -1.08. The van der Waals surface area contributed by atoms with Gasteiger partial charge in [-0.05, 0) is 60.6 Å². The molecule has 0 bridgehead atoms. The van der Waals surface area contributed by atoms with Gasteiger partial charge in [0.15, 0.2) is 0 Å². The molecule has 0 aromatic heterocycles. The van der Waals surface area contributed by atoms with Gasteiger partial charge in [-0.1, -0.05) is 116 Å². The van der Waals surface area contributed by atoms with Crippen molar-refractivity contribution < 1.29 is 20.1 Å². The lowest BCUT2D eigenvalue weighted by molar-refractivity contribution is -0.139. The van der Waals surface area contributed by atoms with E-state index in [2.05, 4.69) is 113 Å². The number of carbonyl (C=O) groups is 1. The monoisotopic (exact) mass is 526 g/mol. The van der Waals surface area contributed by atoms with Crippen molar-refractivity contribution in [3.63, 3.8) is 0 Å². The SMILES string of the molecule is Cc1cc(C)cc([C@H]2CC(c3ccccc3)(c3ccccc3)CC(C)(C)[C@H]2C=CC(O)CC(O)CC(=O)O)c1. The quantitative estimate of drug-likeness (QED) is 0.264. The average molecular weight is 527 g/mol. The summed E-state index contributed by atoms with van der Waals surface area (Å²) < 4.78 is 0. The predicted octanol–water partition coefficient (Wildman–Crippen LogP) is 6.95. The van der Waals surface area contributed by atoms with Crippen LogP contribution in [0.3, 0.4) is 0 Å². The molecule has 0 heterocycles. The van der Waals surface area contributed by atoms with Gasteiger partial charge >= 0.3 is 5.97 Å². The van der Waals surface area contributed by atoms with E-state index in [0.717, 1.165) is 12.8 Å². The van der Waals surface area contributed by atoms with Gasteiger partial charge in [0, 0.05) is 11.8 Å². The third-order valence-electron chi connectivity index (χ3n) is 8.45. The third kappa shape index (κ3) is 6.69. The Balaban J connectivity index is 1.80. The Morgan fingerprint density at radius 1 is 0.923 bits per heavy atom. The van der Waals surface area contributed by atoms with E-state index in [9.17, 15) is 15.0 Å². The molecule has 1 aliphatic carbocycles. The van der Waals surface area contributed by atoms with Crippen LogP contribution < -0.4 is 0 Å². The van der Waals surface area contributed by atoms with E-state index in [1.54, 1.807) is 6.08 Å². The van der Waals surface area contributed by atoms with Crippen LogP contribution in [0.25, 0.3) is 0 Å². The van der Waals surface area contributed by atoms with Crippen molar-refractivity contribution in [2.75, 3.05) is 0 Å².